The average Bonchev–Trinajstić information content (AvgIpc) is 2.84. The molecule has 0 saturated heterocycles. The zero-order valence-corrected chi connectivity index (χ0v) is 11.6. The van der Waals surface area contributed by atoms with Crippen molar-refractivity contribution in [2.24, 2.45) is 0 Å². The molecule has 19 heavy (non-hydrogen) atoms. The maximum absolute atomic E-state index is 9.74. The lowest BCUT2D eigenvalue weighted by molar-refractivity contribution is 0.190. The molecule has 4 nitrogen and oxygen atoms in total. The zero-order chi connectivity index (χ0) is 13.8. The Balaban J connectivity index is 2.12. The fraction of sp³-hybridized carbons (Fsp3) is 0.400. The van der Waals surface area contributed by atoms with E-state index >= 15 is 0 Å². The number of aryl methyl sites for hydroxylation is 2. The van der Waals surface area contributed by atoms with E-state index in [1.807, 2.05) is 42.9 Å². The lowest BCUT2D eigenvalue weighted by Crippen LogP contribution is -2.01. The van der Waals surface area contributed by atoms with Gasteiger partial charge in [-0.1, -0.05) is 12.1 Å². The highest BCUT2D eigenvalue weighted by Crippen LogP contribution is 2.27. The minimum Gasteiger partial charge on any atom is -0.488 e. The smallest absolute Gasteiger partial charge is 0.125 e. The number of benzene rings is 1. The number of aromatic nitrogens is 2. The number of aliphatic hydroxyl groups is 1. The molecule has 4 heteroatoms. The van der Waals surface area contributed by atoms with Crippen molar-refractivity contribution in [3.63, 3.8) is 0 Å². The third kappa shape index (κ3) is 3.35. The summed E-state index contributed by atoms with van der Waals surface area (Å²) in [4.78, 5) is 0. The van der Waals surface area contributed by atoms with Gasteiger partial charge in [0.15, 0.2) is 0 Å². The van der Waals surface area contributed by atoms with Crippen LogP contribution in [-0.2, 0) is 13.2 Å². The summed E-state index contributed by atoms with van der Waals surface area (Å²) in [6.45, 7) is 7.11. The van der Waals surface area contributed by atoms with Crippen molar-refractivity contribution in [2.75, 3.05) is 0 Å². The van der Waals surface area contributed by atoms with Gasteiger partial charge in [0.25, 0.3) is 0 Å². The van der Waals surface area contributed by atoms with Gasteiger partial charge in [0.05, 0.1) is 12.3 Å². The third-order valence-corrected chi connectivity index (χ3v) is 3.02. The van der Waals surface area contributed by atoms with Crippen molar-refractivity contribution in [3.05, 3.63) is 47.3 Å². The van der Waals surface area contributed by atoms with Crippen molar-refractivity contribution in [3.8, 4) is 5.75 Å². The highest BCUT2D eigenvalue weighted by molar-refractivity contribution is 5.38. The van der Waals surface area contributed by atoms with Gasteiger partial charge < -0.3 is 9.84 Å². The van der Waals surface area contributed by atoms with Gasteiger partial charge >= 0.3 is 0 Å². The fourth-order valence-corrected chi connectivity index (χ4v) is 1.93. The average molecular weight is 260 g/mol. The van der Waals surface area contributed by atoms with Crippen molar-refractivity contribution in [1.29, 1.82) is 0 Å². The topological polar surface area (TPSA) is 47.3 Å². The van der Waals surface area contributed by atoms with Gasteiger partial charge in [-0.25, -0.2) is 0 Å². The third-order valence-electron chi connectivity index (χ3n) is 3.02. The first kappa shape index (κ1) is 13.6. The molecule has 0 bridgehead atoms. The molecule has 2 rings (SSSR count). The van der Waals surface area contributed by atoms with Crippen LogP contribution in [0.1, 0.15) is 36.6 Å². The van der Waals surface area contributed by atoms with Crippen LogP contribution in [0.25, 0.3) is 0 Å². The molecule has 0 aliphatic heterocycles. The highest BCUT2D eigenvalue weighted by atomic mass is 16.5. The number of aliphatic hydroxyl groups excluding tert-OH is 1. The Labute approximate surface area is 113 Å². The minimum absolute atomic E-state index is 0.461. The van der Waals surface area contributed by atoms with Gasteiger partial charge in [-0.15, -0.1) is 0 Å². The van der Waals surface area contributed by atoms with Crippen LogP contribution in [0.3, 0.4) is 0 Å². The molecule has 0 unspecified atom stereocenters. The molecule has 0 spiro atoms. The Morgan fingerprint density at radius 1 is 1.42 bits per heavy atom. The van der Waals surface area contributed by atoms with E-state index in [1.54, 1.807) is 13.1 Å². The summed E-state index contributed by atoms with van der Waals surface area (Å²) in [6.07, 6.45) is 3.24. The molecule has 1 aromatic heterocycles. The number of hydrogen-bond acceptors (Lipinski definition) is 3. The van der Waals surface area contributed by atoms with Crippen molar-refractivity contribution in [1.82, 2.24) is 9.78 Å². The van der Waals surface area contributed by atoms with Crippen LogP contribution in [0, 0.1) is 6.92 Å². The van der Waals surface area contributed by atoms with Gasteiger partial charge in [-0.05, 0) is 32.4 Å². The van der Waals surface area contributed by atoms with E-state index < -0.39 is 6.10 Å². The molecule has 102 valence electrons. The van der Waals surface area contributed by atoms with Crippen LogP contribution in [0.2, 0.25) is 0 Å². The zero-order valence-electron chi connectivity index (χ0n) is 11.6. The van der Waals surface area contributed by atoms with Crippen LogP contribution < -0.4 is 4.74 Å². The van der Waals surface area contributed by atoms with Gasteiger partial charge in [0.2, 0.25) is 0 Å². The Bertz CT molecular complexity index is 547. The quantitative estimate of drug-likeness (QED) is 0.899. The first-order valence-corrected chi connectivity index (χ1v) is 6.53. The van der Waals surface area contributed by atoms with Crippen molar-refractivity contribution in [2.45, 2.75) is 40.0 Å². The molecule has 0 aliphatic rings. The number of ether oxygens (including phenoxy) is 1. The summed E-state index contributed by atoms with van der Waals surface area (Å²) in [5.74, 6) is 0.735. The Kier molecular flexibility index (Phi) is 4.22. The molecule has 1 aromatic carbocycles. The summed E-state index contributed by atoms with van der Waals surface area (Å²) < 4.78 is 7.68. The summed E-state index contributed by atoms with van der Waals surface area (Å²) in [5, 5.41) is 13.9. The molecular formula is C15H20N2O2. The number of hydrogen-bond donors (Lipinski definition) is 1. The molecule has 0 aliphatic carbocycles. The van der Waals surface area contributed by atoms with E-state index in [0.717, 1.165) is 29.0 Å². The predicted molar refractivity (Wildman–Crippen MR) is 74.0 cm³/mol. The molecule has 0 amide bonds. The minimum atomic E-state index is -0.533. The van der Waals surface area contributed by atoms with Crippen LogP contribution in [0.4, 0.5) is 0 Å². The second-order valence-corrected chi connectivity index (χ2v) is 4.71. The van der Waals surface area contributed by atoms with Crippen LogP contribution in [0.15, 0.2) is 30.6 Å². The summed E-state index contributed by atoms with van der Waals surface area (Å²) in [5.41, 5.74) is 2.96. The number of nitrogens with zero attached hydrogens (tertiary/aromatic N) is 2. The van der Waals surface area contributed by atoms with E-state index in [9.17, 15) is 5.11 Å². The van der Waals surface area contributed by atoms with Crippen molar-refractivity contribution < 1.29 is 9.84 Å². The lowest BCUT2D eigenvalue weighted by atomic mass is 10.1. The summed E-state index contributed by atoms with van der Waals surface area (Å²) in [7, 11) is 0. The first-order chi connectivity index (χ1) is 9.10. The molecule has 0 fully saturated rings. The van der Waals surface area contributed by atoms with Gasteiger partial charge in [0, 0.05) is 23.9 Å². The predicted octanol–water partition coefficient (Wildman–Crippen LogP) is 2.84. The van der Waals surface area contributed by atoms with Crippen LogP contribution in [0.5, 0.6) is 5.75 Å². The standard InChI is InChI=1S/C15H20N2O2/c1-4-17-9-13(8-16-17)10-19-15-7-11(2)5-6-14(15)12(3)18/h5-9,12,18H,4,10H2,1-3H3/t12-/m0/s1. The maximum atomic E-state index is 9.74. The van der Waals surface area contributed by atoms with Gasteiger partial charge in [-0.3, -0.25) is 4.68 Å². The Morgan fingerprint density at radius 2 is 2.21 bits per heavy atom. The SMILES string of the molecule is CCn1cc(COc2cc(C)ccc2[C@H](C)O)cn1. The van der Waals surface area contributed by atoms with Gasteiger partial charge in [0.1, 0.15) is 12.4 Å². The summed E-state index contributed by atoms with van der Waals surface area (Å²) >= 11 is 0. The Hall–Kier alpha value is -1.81. The van der Waals surface area contributed by atoms with Gasteiger partial charge in [-0.2, -0.15) is 5.10 Å². The molecule has 2 aromatic rings. The molecule has 1 N–H and O–H groups in total. The lowest BCUT2D eigenvalue weighted by Gasteiger charge is -2.13. The monoisotopic (exact) mass is 260 g/mol. The molecule has 0 radical (unpaired) electrons. The van der Waals surface area contributed by atoms with E-state index in [1.165, 1.54) is 0 Å². The van der Waals surface area contributed by atoms with Crippen LogP contribution >= 0.6 is 0 Å². The van der Waals surface area contributed by atoms with E-state index in [-0.39, 0.29) is 0 Å². The molecular weight excluding hydrogens is 240 g/mol. The second-order valence-electron chi connectivity index (χ2n) is 4.71. The second kappa shape index (κ2) is 5.89. The highest BCUT2D eigenvalue weighted by Gasteiger charge is 2.10. The normalized spacial score (nSPS) is 12.4. The summed E-state index contributed by atoms with van der Waals surface area (Å²) in [6, 6.07) is 5.83. The van der Waals surface area contributed by atoms with E-state index in [2.05, 4.69) is 5.10 Å². The Morgan fingerprint density at radius 3 is 2.84 bits per heavy atom. The maximum Gasteiger partial charge on any atom is 0.125 e. The fourth-order valence-electron chi connectivity index (χ4n) is 1.93. The van der Waals surface area contributed by atoms with E-state index in [0.29, 0.717) is 6.61 Å². The number of rotatable bonds is 5. The molecule has 1 atom stereocenters. The first-order valence-electron chi connectivity index (χ1n) is 6.53. The van der Waals surface area contributed by atoms with Crippen LogP contribution in [-0.4, -0.2) is 14.9 Å². The van der Waals surface area contributed by atoms with E-state index in [4.69, 9.17) is 4.74 Å². The molecule has 0 saturated carbocycles. The molecule has 1 heterocycles. The largest absolute Gasteiger partial charge is 0.488 e. The van der Waals surface area contributed by atoms with Crippen molar-refractivity contribution >= 4 is 0 Å².